The summed E-state index contributed by atoms with van der Waals surface area (Å²) in [5.41, 5.74) is 0.535. The number of carbonyl (C=O) groups excluding carboxylic acids is 2. The highest BCUT2D eigenvalue weighted by molar-refractivity contribution is 14.1. The number of nitrogens with zero attached hydrogens (tertiary/aromatic N) is 1. The van der Waals surface area contributed by atoms with Crippen molar-refractivity contribution in [2.75, 3.05) is 13.2 Å². The van der Waals surface area contributed by atoms with Crippen LogP contribution in [0.1, 0.15) is 17.3 Å². The van der Waals surface area contributed by atoms with Gasteiger partial charge in [-0.05, 0) is 41.6 Å². The lowest BCUT2D eigenvalue weighted by Crippen LogP contribution is -2.27. The van der Waals surface area contributed by atoms with Gasteiger partial charge in [-0.15, -0.1) is 6.58 Å². The molecule has 0 aliphatic heterocycles. The van der Waals surface area contributed by atoms with Crippen LogP contribution in [0, 0.1) is 15.5 Å². The highest BCUT2D eigenvalue weighted by Crippen LogP contribution is 2.13. The maximum Gasteiger partial charge on any atom is 0.386 e. The molecule has 0 atom stereocenters. The van der Waals surface area contributed by atoms with E-state index in [0.717, 1.165) is 3.57 Å². The first-order valence-corrected chi connectivity index (χ1v) is 7.03. The van der Waals surface area contributed by atoms with E-state index in [4.69, 9.17) is 4.74 Å². The fraction of sp³-hybridized carbons (Fsp3) is 0.200. The zero-order valence-electron chi connectivity index (χ0n) is 11.1. The van der Waals surface area contributed by atoms with Gasteiger partial charge in [0.05, 0.1) is 18.7 Å². The van der Waals surface area contributed by atoms with Crippen LogP contribution in [0.2, 0.25) is 0 Å². The van der Waals surface area contributed by atoms with Gasteiger partial charge in [-0.2, -0.15) is 0 Å². The molecule has 104 valence electrons. The Morgan fingerprint density at radius 2 is 2.15 bits per heavy atom. The first-order chi connectivity index (χ1) is 9.60. The van der Waals surface area contributed by atoms with Crippen LogP contribution in [0.4, 0.5) is 0 Å². The average molecular weight is 383 g/mol. The average Bonchev–Trinajstić information content (AvgIpc) is 2.43. The van der Waals surface area contributed by atoms with E-state index in [9.17, 15) is 9.59 Å². The fourth-order valence-corrected chi connectivity index (χ4v) is 1.99. The van der Waals surface area contributed by atoms with E-state index in [2.05, 4.69) is 41.1 Å². The van der Waals surface area contributed by atoms with Gasteiger partial charge in [0.25, 0.3) is 5.91 Å². The van der Waals surface area contributed by atoms with Crippen LogP contribution in [-0.4, -0.2) is 29.9 Å². The smallest absolute Gasteiger partial charge is 0.386 e. The number of benzene rings is 1. The minimum atomic E-state index is -0.655. The summed E-state index contributed by atoms with van der Waals surface area (Å²) in [6.07, 6.45) is 1.55. The van der Waals surface area contributed by atoms with Gasteiger partial charge in [-0.3, -0.25) is 9.69 Å². The highest BCUT2D eigenvalue weighted by atomic mass is 127. The lowest BCUT2D eigenvalue weighted by molar-refractivity contribution is -0.136. The molecule has 0 saturated carbocycles. The van der Waals surface area contributed by atoms with E-state index in [1.165, 1.54) is 4.90 Å². The van der Waals surface area contributed by atoms with Crippen molar-refractivity contribution in [2.45, 2.75) is 6.92 Å². The molecule has 0 fully saturated rings. The maximum absolute atomic E-state index is 12.3. The second kappa shape index (κ2) is 8.38. The largest absolute Gasteiger partial charge is 0.456 e. The second-order valence-electron chi connectivity index (χ2n) is 3.64. The molecule has 1 rings (SSSR count). The summed E-state index contributed by atoms with van der Waals surface area (Å²) in [5, 5.41) is 0. The number of esters is 1. The summed E-state index contributed by atoms with van der Waals surface area (Å²) in [6.45, 7) is 5.76. The molecular formula is C15H14INO3. The Morgan fingerprint density at radius 1 is 1.45 bits per heavy atom. The first kappa shape index (κ1) is 16.2. The van der Waals surface area contributed by atoms with Gasteiger partial charge in [0.2, 0.25) is 0 Å². The third kappa shape index (κ3) is 4.70. The minimum absolute atomic E-state index is 0.232. The number of carbonyl (C=O) groups is 2. The Kier molecular flexibility index (Phi) is 6.81. The lowest BCUT2D eigenvalue weighted by atomic mass is 10.2. The van der Waals surface area contributed by atoms with Gasteiger partial charge in [0.1, 0.15) is 0 Å². The molecule has 1 amide bonds. The molecule has 0 spiro atoms. The highest BCUT2D eigenvalue weighted by Gasteiger charge is 2.15. The van der Waals surface area contributed by atoms with Gasteiger partial charge in [0.15, 0.2) is 0 Å². The quantitative estimate of drug-likeness (QED) is 0.264. The van der Waals surface area contributed by atoms with Crippen molar-refractivity contribution < 1.29 is 14.3 Å². The van der Waals surface area contributed by atoms with Crippen molar-refractivity contribution in [2.24, 2.45) is 0 Å². The van der Waals surface area contributed by atoms with Crippen molar-refractivity contribution in [1.82, 2.24) is 4.90 Å². The molecule has 1 aromatic rings. The zero-order valence-corrected chi connectivity index (χ0v) is 13.2. The summed E-state index contributed by atoms with van der Waals surface area (Å²) >= 11 is 2.08. The molecule has 0 aliphatic rings. The van der Waals surface area contributed by atoms with E-state index in [1.54, 1.807) is 25.1 Å². The number of ether oxygens (including phenoxy) is 1. The topological polar surface area (TPSA) is 46.6 Å². The summed E-state index contributed by atoms with van der Waals surface area (Å²) < 4.78 is 5.52. The number of hydrogen-bond acceptors (Lipinski definition) is 3. The maximum atomic E-state index is 12.3. The molecule has 4 nitrogen and oxygen atoms in total. The third-order valence-corrected chi connectivity index (χ3v) is 3.17. The molecule has 5 heteroatoms. The Bertz CT molecular complexity index is 572. The van der Waals surface area contributed by atoms with Crippen LogP contribution in [0.25, 0.3) is 0 Å². The molecule has 20 heavy (non-hydrogen) atoms. The second-order valence-corrected chi connectivity index (χ2v) is 4.80. The predicted molar refractivity (Wildman–Crippen MR) is 84.8 cm³/mol. The lowest BCUT2D eigenvalue weighted by Gasteiger charge is -2.14. The molecule has 0 radical (unpaired) electrons. The molecule has 0 bridgehead atoms. The summed E-state index contributed by atoms with van der Waals surface area (Å²) in [4.78, 5) is 24.8. The Morgan fingerprint density at radius 3 is 2.75 bits per heavy atom. The predicted octanol–water partition coefficient (Wildman–Crippen LogP) is 2.44. The van der Waals surface area contributed by atoms with Crippen LogP contribution in [-0.2, 0) is 9.53 Å². The fourth-order valence-electron chi connectivity index (χ4n) is 1.37. The molecule has 0 saturated heterocycles. The molecule has 0 unspecified atom stereocenters. The van der Waals surface area contributed by atoms with Crippen LogP contribution in [0.3, 0.4) is 0 Å². The summed E-state index contributed by atoms with van der Waals surface area (Å²) in [7, 11) is 0. The number of hydrogen-bond donors (Lipinski definition) is 0. The van der Waals surface area contributed by atoms with Crippen molar-refractivity contribution in [1.29, 1.82) is 0 Å². The van der Waals surface area contributed by atoms with Gasteiger partial charge < -0.3 is 4.74 Å². The zero-order chi connectivity index (χ0) is 15.0. The van der Waals surface area contributed by atoms with Gasteiger partial charge in [0, 0.05) is 15.5 Å². The van der Waals surface area contributed by atoms with Crippen LogP contribution >= 0.6 is 22.6 Å². The number of amides is 1. The Hall–Kier alpha value is -1.81. The van der Waals surface area contributed by atoms with Gasteiger partial charge in [-0.25, -0.2) is 4.79 Å². The van der Waals surface area contributed by atoms with Crippen molar-refractivity contribution in [3.05, 3.63) is 46.1 Å². The normalized spacial score (nSPS) is 9.10. The Balaban J connectivity index is 2.96. The number of rotatable bonds is 4. The van der Waals surface area contributed by atoms with E-state index in [-0.39, 0.29) is 19.1 Å². The molecule has 1 aromatic carbocycles. The van der Waals surface area contributed by atoms with E-state index in [0.29, 0.717) is 5.56 Å². The molecule has 0 aromatic heterocycles. The van der Waals surface area contributed by atoms with Gasteiger partial charge >= 0.3 is 5.97 Å². The van der Waals surface area contributed by atoms with Crippen LogP contribution < -0.4 is 0 Å². The molecule has 0 heterocycles. The van der Waals surface area contributed by atoms with Crippen LogP contribution in [0.5, 0.6) is 0 Å². The van der Waals surface area contributed by atoms with Crippen molar-refractivity contribution in [3.63, 3.8) is 0 Å². The molecule has 0 N–H and O–H groups in total. The van der Waals surface area contributed by atoms with Crippen LogP contribution in [0.15, 0.2) is 36.9 Å². The Labute approximate surface area is 131 Å². The first-order valence-electron chi connectivity index (χ1n) is 5.95. The van der Waals surface area contributed by atoms with Crippen molar-refractivity contribution in [3.8, 4) is 12.0 Å². The standard InChI is InChI=1S/C15H14INO3/c1-3-10-17(11-9-14(18)20-4-2)15(19)12-7-5-6-8-13(12)16/h3,5-8H,1,4,10H2,2H3. The van der Waals surface area contributed by atoms with Crippen molar-refractivity contribution >= 4 is 34.5 Å². The summed E-state index contributed by atoms with van der Waals surface area (Å²) in [6, 6.07) is 9.69. The summed E-state index contributed by atoms with van der Waals surface area (Å²) in [5.74, 6) is 1.36. The van der Waals surface area contributed by atoms with Gasteiger partial charge in [-0.1, -0.05) is 18.2 Å². The minimum Gasteiger partial charge on any atom is -0.456 e. The monoisotopic (exact) mass is 383 g/mol. The SMILES string of the molecule is C=CCN(C#CC(=O)OCC)C(=O)c1ccccc1I. The molecular weight excluding hydrogens is 369 g/mol. The molecule has 0 aliphatic carbocycles. The number of halogens is 1. The van der Waals surface area contributed by atoms with E-state index in [1.807, 2.05) is 12.1 Å². The van der Waals surface area contributed by atoms with E-state index < -0.39 is 5.97 Å². The van der Waals surface area contributed by atoms with E-state index >= 15 is 0 Å². The third-order valence-electron chi connectivity index (χ3n) is 2.23.